The first-order valence-electron chi connectivity index (χ1n) is 7.44. The van der Waals surface area contributed by atoms with Crippen molar-refractivity contribution in [1.29, 1.82) is 0 Å². The molecule has 1 saturated heterocycles. The highest BCUT2D eigenvalue weighted by Crippen LogP contribution is 2.33. The average Bonchev–Trinajstić information content (AvgIpc) is 3.05. The van der Waals surface area contributed by atoms with E-state index in [0.29, 0.717) is 13.2 Å². The summed E-state index contributed by atoms with van der Waals surface area (Å²) >= 11 is 6.41. The quantitative estimate of drug-likeness (QED) is 0.725. The van der Waals surface area contributed by atoms with Crippen LogP contribution in [0.1, 0.15) is 29.2 Å². The largest absolute Gasteiger partial charge is 0.377 e. The van der Waals surface area contributed by atoms with Gasteiger partial charge in [-0.3, -0.25) is 4.79 Å². The highest BCUT2D eigenvalue weighted by atomic mass is 35.5. The van der Waals surface area contributed by atoms with E-state index in [1.165, 1.54) is 11.3 Å². The third kappa shape index (κ3) is 3.68. The lowest BCUT2D eigenvalue weighted by molar-refractivity contribution is -0.128. The fourth-order valence-corrected chi connectivity index (χ4v) is 4.09. The fraction of sp³-hybridized carbons (Fsp3) is 0.643. The Morgan fingerprint density at radius 1 is 1.50 bits per heavy atom. The molecule has 2 aromatic rings. The minimum absolute atomic E-state index is 0.0926. The van der Waals surface area contributed by atoms with Crippen LogP contribution in [0.4, 0.5) is 8.78 Å². The van der Waals surface area contributed by atoms with E-state index in [2.05, 4.69) is 10.1 Å². The summed E-state index contributed by atoms with van der Waals surface area (Å²) in [7, 11) is 1.59. The van der Waals surface area contributed by atoms with Gasteiger partial charge in [-0.2, -0.15) is 13.9 Å². The number of aryl methyl sites for hydroxylation is 1. The topological polar surface area (TPSA) is 59.7 Å². The summed E-state index contributed by atoms with van der Waals surface area (Å²) in [4.78, 5) is 18.9. The van der Waals surface area contributed by atoms with Crippen molar-refractivity contribution in [2.45, 2.75) is 38.3 Å². The first kappa shape index (κ1) is 17.5. The normalized spacial score (nSPS) is 19.0. The fourth-order valence-electron chi connectivity index (χ4n) is 2.95. The zero-order valence-corrected chi connectivity index (χ0v) is 14.8. The van der Waals surface area contributed by atoms with Gasteiger partial charge in [-0.05, 0) is 24.4 Å². The summed E-state index contributed by atoms with van der Waals surface area (Å²) in [5.41, 5.74) is 1.56. The van der Waals surface area contributed by atoms with Crippen LogP contribution in [0.3, 0.4) is 0 Å². The van der Waals surface area contributed by atoms with Gasteiger partial charge in [0.25, 0.3) is 0 Å². The molecule has 1 aliphatic heterocycles. The third-order valence-electron chi connectivity index (χ3n) is 3.96. The number of ether oxygens (including phenoxy) is 1. The van der Waals surface area contributed by atoms with Crippen LogP contribution in [0.2, 0.25) is 0 Å². The molecular formula is C14H17ClF2N4O2S. The van der Waals surface area contributed by atoms with E-state index in [4.69, 9.17) is 16.3 Å². The molecule has 132 valence electrons. The second kappa shape index (κ2) is 6.53. The Balaban J connectivity index is 1.77. The van der Waals surface area contributed by atoms with E-state index >= 15 is 0 Å². The second-order valence-corrected chi connectivity index (χ2v) is 7.52. The van der Waals surface area contributed by atoms with Crippen LogP contribution >= 0.6 is 22.9 Å². The smallest absolute Gasteiger partial charge is 0.322 e. The molecule has 0 aliphatic carbocycles. The Bertz CT molecular complexity index is 758. The highest BCUT2D eigenvalue weighted by Gasteiger charge is 2.37. The van der Waals surface area contributed by atoms with Crippen molar-refractivity contribution in [2.75, 3.05) is 13.7 Å². The molecule has 1 atom stereocenters. The van der Waals surface area contributed by atoms with Crippen LogP contribution in [-0.4, -0.2) is 44.4 Å². The van der Waals surface area contributed by atoms with Crippen LogP contribution in [-0.2, 0) is 22.7 Å². The number of carbonyl (C=O) groups excluding carboxylic acids is 1. The predicted molar refractivity (Wildman–Crippen MR) is 85.3 cm³/mol. The molecule has 0 radical (unpaired) electrons. The Hall–Kier alpha value is -1.32. The second-order valence-electron chi connectivity index (χ2n) is 5.93. The average molecular weight is 379 g/mol. The lowest BCUT2D eigenvalue weighted by Crippen LogP contribution is -2.26. The van der Waals surface area contributed by atoms with Gasteiger partial charge < -0.3 is 9.64 Å². The minimum atomic E-state index is -3.27. The molecule has 0 unspecified atom stereocenters. The summed E-state index contributed by atoms with van der Waals surface area (Å²) < 4.78 is 32.7. The van der Waals surface area contributed by atoms with Gasteiger partial charge in [0.1, 0.15) is 5.01 Å². The molecule has 1 aliphatic rings. The van der Waals surface area contributed by atoms with E-state index in [-0.39, 0.29) is 18.9 Å². The molecule has 1 amide bonds. The number of imidazole rings is 1. The van der Waals surface area contributed by atoms with Crippen molar-refractivity contribution in [3.8, 4) is 0 Å². The molecule has 0 N–H and O–H groups in total. The van der Waals surface area contributed by atoms with Gasteiger partial charge in [0.2, 0.25) is 10.9 Å². The van der Waals surface area contributed by atoms with Gasteiger partial charge in [0, 0.05) is 26.5 Å². The van der Waals surface area contributed by atoms with Crippen molar-refractivity contribution in [3.05, 3.63) is 16.4 Å². The zero-order valence-electron chi connectivity index (χ0n) is 13.3. The molecule has 0 bridgehead atoms. The molecule has 0 spiro atoms. The maximum atomic E-state index is 13.0. The molecule has 10 heteroatoms. The number of hydrogen-bond donors (Lipinski definition) is 0. The Kier molecular flexibility index (Phi) is 4.76. The monoisotopic (exact) mass is 378 g/mol. The molecule has 1 fully saturated rings. The van der Waals surface area contributed by atoms with Crippen molar-refractivity contribution in [1.82, 2.24) is 19.5 Å². The summed E-state index contributed by atoms with van der Waals surface area (Å²) in [5.74, 6) is -0.587. The lowest BCUT2D eigenvalue weighted by atomic mass is 10.1. The highest BCUT2D eigenvalue weighted by molar-refractivity contribution is 7.16. The van der Waals surface area contributed by atoms with Crippen LogP contribution in [0, 0.1) is 12.8 Å². The van der Waals surface area contributed by atoms with Gasteiger partial charge in [0.15, 0.2) is 0 Å². The van der Waals surface area contributed by atoms with E-state index in [9.17, 15) is 13.6 Å². The molecule has 24 heavy (non-hydrogen) atoms. The lowest BCUT2D eigenvalue weighted by Gasteiger charge is -2.17. The SMILES string of the molecule is COCc1nn2c(CN3C[C@@H](CC(F)(F)Cl)CC3=O)c(C)nc2s1. The van der Waals surface area contributed by atoms with Gasteiger partial charge in [-0.15, -0.1) is 0 Å². The molecule has 6 nitrogen and oxygen atoms in total. The molecule has 2 aromatic heterocycles. The zero-order chi connectivity index (χ0) is 17.5. The molecular weight excluding hydrogens is 362 g/mol. The maximum absolute atomic E-state index is 13.0. The number of fused-ring (bicyclic) bond motifs is 1. The van der Waals surface area contributed by atoms with Gasteiger partial charge >= 0.3 is 5.38 Å². The van der Waals surface area contributed by atoms with Crippen LogP contribution in [0.25, 0.3) is 4.96 Å². The van der Waals surface area contributed by atoms with E-state index < -0.39 is 17.7 Å². The number of alkyl halides is 3. The van der Waals surface area contributed by atoms with Gasteiger partial charge in [-0.25, -0.2) is 9.50 Å². The van der Waals surface area contributed by atoms with E-state index in [1.807, 2.05) is 6.92 Å². The van der Waals surface area contributed by atoms with Crippen molar-refractivity contribution < 1.29 is 18.3 Å². The molecule has 3 rings (SSSR count). The number of nitrogens with zero attached hydrogens (tertiary/aromatic N) is 4. The van der Waals surface area contributed by atoms with Crippen LogP contribution in [0.15, 0.2) is 0 Å². The standard InChI is InChI=1S/C14H17ClF2N4O2S/c1-8-10(21-13(18-8)24-11(19-21)7-23-2)6-20-5-9(3-12(20)22)4-14(15,16)17/h9H,3-7H2,1-2H3/t9-/m1/s1. The Labute approximate surface area is 146 Å². The number of carbonyl (C=O) groups is 1. The third-order valence-corrected chi connectivity index (χ3v) is 5.00. The Morgan fingerprint density at radius 3 is 2.92 bits per heavy atom. The molecule has 0 aromatic carbocycles. The first-order valence-corrected chi connectivity index (χ1v) is 8.63. The predicted octanol–water partition coefficient (Wildman–Crippen LogP) is 2.82. The molecule has 3 heterocycles. The van der Waals surface area contributed by atoms with Crippen LogP contribution in [0.5, 0.6) is 0 Å². The summed E-state index contributed by atoms with van der Waals surface area (Å²) in [5, 5.41) is 1.95. The van der Waals surface area contributed by atoms with Crippen molar-refractivity contribution >= 4 is 33.8 Å². The number of halogens is 3. The number of amides is 1. The Morgan fingerprint density at radius 2 is 2.25 bits per heavy atom. The van der Waals surface area contributed by atoms with Gasteiger partial charge in [0.05, 0.1) is 24.5 Å². The maximum Gasteiger partial charge on any atom is 0.322 e. The number of methoxy groups -OCH3 is 1. The van der Waals surface area contributed by atoms with E-state index in [0.717, 1.165) is 21.4 Å². The first-order chi connectivity index (χ1) is 11.3. The number of rotatable bonds is 6. The van der Waals surface area contributed by atoms with Gasteiger partial charge in [-0.1, -0.05) is 11.3 Å². The minimum Gasteiger partial charge on any atom is -0.377 e. The number of hydrogen-bond acceptors (Lipinski definition) is 5. The number of aromatic nitrogens is 3. The van der Waals surface area contributed by atoms with E-state index in [1.54, 1.807) is 16.5 Å². The summed E-state index contributed by atoms with van der Waals surface area (Å²) in [6.45, 7) is 2.80. The van der Waals surface area contributed by atoms with Crippen molar-refractivity contribution in [2.24, 2.45) is 5.92 Å². The number of likely N-dealkylation sites (tertiary alicyclic amines) is 1. The summed E-state index contributed by atoms with van der Waals surface area (Å²) in [6.07, 6.45) is -0.401. The molecule has 0 saturated carbocycles. The van der Waals surface area contributed by atoms with Crippen LogP contribution < -0.4 is 0 Å². The summed E-state index contributed by atoms with van der Waals surface area (Å²) in [6, 6.07) is 0. The van der Waals surface area contributed by atoms with Crippen molar-refractivity contribution in [3.63, 3.8) is 0 Å².